The van der Waals surface area contributed by atoms with E-state index in [2.05, 4.69) is 17.3 Å². The lowest BCUT2D eigenvalue weighted by atomic mass is 10.1. The van der Waals surface area contributed by atoms with Crippen molar-refractivity contribution in [3.8, 4) is 0 Å². The molecular formula is C15H25N3O2. The number of hydrazine groups is 1. The van der Waals surface area contributed by atoms with Crippen molar-refractivity contribution >= 4 is 5.91 Å². The third-order valence-corrected chi connectivity index (χ3v) is 3.11. The summed E-state index contributed by atoms with van der Waals surface area (Å²) >= 11 is 0. The first-order chi connectivity index (χ1) is 9.77. The number of carbonyl (C=O) groups is 1. The van der Waals surface area contributed by atoms with Crippen LogP contribution in [0.4, 0.5) is 0 Å². The summed E-state index contributed by atoms with van der Waals surface area (Å²) in [6, 6.07) is 3.48. The molecule has 0 spiro atoms. The fourth-order valence-electron chi connectivity index (χ4n) is 1.89. The van der Waals surface area contributed by atoms with Crippen molar-refractivity contribution in [2.45, 2.75) is 52.1 Å². The van der Waals surface area contributed by atoms with Crippen LogP contribution in [0.15, 0.2) is 18.3 Å². The van der Waals surface area contributed by atoms with Crippen LogP contribution in [0.25, 0.3) is 0 Å². The van der Waals surface area contributed by atoms with Gasteiger partial charge in [0.15, 0.2) is 0 Å². The van der Waals surface area contributed by atoms with Crippen molar-refractivity contribution in [3.05, 3.63) is 29.6 Å². The lowest BCUT2D eigenvalue weighted by Gasteiger charge is -2.05. The number of nitrogen functional groups attached to an aromatic ring is 1. The fourth-order valence-corrected chi connectivity index (χ4v) is 1.89. The molecule has 1 aromatic rings. The van der Waals surface area contributed by atoms with E-state index in [-0.39, 0.29) is 5.91 Å². The van der Waals surface area contributed by atoms with E-state index >= 15 is 0 Å². The highest BCUT2D eigenvalue weighted by molar-refractivity contribution is 5.93. The average Bonchev–Trinajstić information content (AvgIpc) is 2.50. The topological polar surface area (TPSA) is 77.2 Å². The van der Waals surface area contributed by atoms with E-state index in [4.69, 9.17) is 10.6 Å². The zero-order chi connectivity index (χ0) is 14.6. The number of unbranched alkanes of at least 4 members (excludes halogenated alkanes) is 5. The third kappa shape index (κ3) is 6.63. The molecule has 1 rings (SSSR count). The molecule has 0 unspecified atom stereocenters. The number of nitrogens with one attached hydrogen (secondary N) is 1. The van der Waals surface area contributed by atoms with Crippen LogP contribution < -0.4 is 11.3 Å². The predicted molar refractivity (Wildman–Crippen MR) is 78.9 cm³/mol. The van der Waals surface area contributed by atoms with Crippen molar-refractivity contribution in [1.29, 1.82) is 0 Å². The molecule has 1 amide bonds. The molecule has 5 heteroatoms. The van der Waals surface area contributed by atoms with Crippen LogP contribution >= 0.6 is 0 Å². The number of rotatable bonds is 10. The van der Waals surface area contributed by atoms with Gasteiger partial charge in [0.1, 0.15) is 0 Å². The number of nitrogens with two attached hydrogens (primary N) is 1. The maximum absolute atomic E-state index is 11.2. The molecule has 20 heavy (non-hydrogen) atoms. The molecule has 1 aromatic heterocycles. The number of hydrogen-bond acceptors (Lipinski definition) is 4. The van der Waals surface area contributed by atoms with Crippen LogP contribution in [0.2, 0.25) is 0 Å². The van der Waals surface area contributed by atoms with Gasteiger partial charge < -0.3 is 4.74 Å². The van der Waals surface area contributed by atoms with E-state index in [1.165, 1.54) is 38.3 Å². The van der Waals surface area contributed by atoms with Crippen molar-refractivity contribution in [2.24, 2.45) is 5.84 Å². The largest absolute Gasteiger partial charge is 0.375 e. The van der Waals surface area contributed by atoms with E-state index < -0.39 is 0 Å². The number of carbonyl (C=O) groups excluding carboxylic acids is 1. The number of ether oxygens (including phenoxy) is 1. The highest BCUT2D eigenvalue weighted by Gasteiger charge is 2.03. The molecule has 1 heterocycles. The molecule has 3 N–H and O–H groups in total. The second kappa shape index (κ2) is 10.3. The summed E-state index contributed by atoms with van der Waals surface area (Å²) in [4.78, 5) is 15.4. The molecule has 0 fully saturated rings. The Morgan fingerprint density at radius 2 is 2.00 bits per heavy atom. The normalized spacial score (nSPS) is 10.5. The Morgan fingerprint density at radius 3 is 2.65 bits per heavy atom. The second-order valence-corrected chi connectivity index (χ2v) is 4.83. The Morgan fingerprint density at radius 1 is 1.25 bits per heavy atom. The number of hydrogen-bond donors (Lipinski definition) is 2. The molecule has 0 aromatic carbocycles. The summed E-state index contributed by atoms with van der Waals surface area (Å²) in [5, 5.41) is 0. The smallest absolute Gasteiger partial charge is 0.266 e. The van der Waals surface area contributed by atoms with E-state index in [9.17, 15) is 4.79 Å². The average molecular weight is 279 g/mol. The van der Waals surface area contributed by atoms with Crippen LogP contribution in [0.1, 0.15) is 61.5 Å². The third-order valence-electron chi connectivity index (χ3n) is 3.11. The first-order valence-electron chi connectivity index (χ1n) is 7.31. The summed E-state index contributed by atoms with van der Waals surface area (Å²) in [5.41, 5.74) is 3.35. The highest BCUT2D eigenvalue weighted by Crippen LogP contribution is 2.06. The summed E-state index contributed by atoms with van der Waals surface area (Å²) in [6.45, 7) is 3.47. The fraction of sp³-hybridized carbons (Fsp3) is 0.600. The molecule has 0 aliphatic heterocycles. The van der Waals surface area contributed by atoms with E-state index in [0.29, 0.717) is 12.2 Å². The van der Waals surface area contributed by atoms with Gasteiger partial charge in [-0.2, -0.15) is 0 Å². The van der Waals surface area contributed by atoms with Gasteiger partial charge in [-0.15, -0.1) is 0 Å². The standard InChI is InChI=1S/C15H25N3O2/c1-2-3-4-5-6-7-10-20-12-14-9-8-13(11-17-14)15(19)18-16/h8-9,11H,2-7,10,12,16H2,1H3,(H,18,19). The SMILES string of the molecule is CCCCCCCCOCc1ccc(C(=O)NN)cn1. The number of amides is 1. The van der Waals surface area contributed by atoms with Crippen molar-refractivity contribution in [2.75, 3.05) is 6.61 Å². The zero-order valence-corrected chi connectivity index (χ0v) is 12.2. The number of pyridine rings is 1. The van der Waals surface area contributed by atoms with Crippen molar-refractivity contribution in [3.63, 3.8) is 0 Å². The molecule has 0 bridgehead atoms. The van der Waals surface area contributed by atoms with Crippen molar-refractivity contribution in [1.82, 2.24) is 10.4 Å². The minimum atomic E-state index is -0.336. The van der Waals surface area contributed by atoms with Gasteiger partial charge in [-0.05, 0) is 18.6 Å². The first-order valence-corrected chi connectivity index (χ1v) is 7.31. The summed E-state index contributed by atoms with van der Waals surface area (Å²) in [7, 11) is 0. The lowest BCUT2D eigenvalue weighted by Crippen LogP contribution is -2.30. The van der Waals surface area contributed by atoms with Gasteiger partial charge in [-0.25, -0.2) is 5.84 Å². The van der Waals surface area contributed by atoms with Gasteiger partial charge in [0.05, 0.1) is 17.9 Å². The quantitative estimate of drug-likeness (QED) is 0.299. The van der Waals surface area contributed by atoms with Crippen LogP contribution in [0.3, 0.4) is 0 Å². The minimum absolute atomic E-state index is 0.336. The molecule has 5 nitrogen and oxygen atoms in total. The molecular weight excluding hydrogens is 254 g/mol. The van der Waals surface area contributed by atoms with Gasteiger partial charge in [0.2, 0.25) is 0 Å². The highest BCUT2D eigenvalue weighted by atomic mass is 16.5. The maximum Gasteiger partial charge on any atom is 0.266 e. The Hall–Kier alpha value is -1.46. The Balaban J connectivity index is 2.11. The Bertz CT molecular complexity index is 379. The molecule has 112 valence electrons. The Labute approximate surface area is 120 Å². The van der Waals surface area contributed by atoms with Gasteiger partial charge in [0.25, 0.3) is 5.91 Å². The molecule has 0 atom stereocenters. The van der Waals surface area contributed by atoms with Crippen LogP contribution in [0.5, 0.6) is 0 Å². The molecule has 0 radical (unpaired) electrons. The molecule has 0 saturated heterocycles. The summed E-state index contributed by atoms with van der Waals surface area (Å²) in [6.07, 6.45) is 9.04. The van der Waals surface area contributed by atoms with Gasteiger partial charge in [-0.1, -0.05) is 39.0 Å². The van der Waals surface area contributed by atoms with Crippen molar-refractivity contribution < 1.29 is 9.53 Å². The van der Waals surface area contributed by atoms with Crippen LogP contribution in [0, 0.1) is 0 Å². The Kier molecular flexibility index (Phi) is 8.58. The van der Waals surface area contributed by atoms with Crippen LogP contribution in [-0.2, 0) is 11.3 Å². The summed E-state index contributed by atoms with van der Waals surface area (Å²) in [5.74, 6) is 4.71. The summed E-state index contributed by atoms with van der Waals surface area (Å²) < 4.78 is 5.57. The molecule has 0 aliphatic carbocycles. The monoisotopic (exact) mass is 279 g/mol. The maximum atomic E-state index is 11.2. The van der Waals surface area contributed by atoms with Gasteiger partial charge in [0, 0.05) is 12.8 Å². The van der Waals surface area contributed by atoms with Crippen LogP contribution in [-0.4, -0.2) is 17.5 Å². The zero-order valence-electron chi connectivity index (χ0n) is 12.2. The minimum Gasteiger partial charge on any atom is -0.375 e. The van der Waals surface area contributed by atoms with Gasteiger partial charge >= 0.3 is 0 Å². The first kappa shape index (κ1) is 16.6. The van der Waals surface area contributed by atoms with E-state index in [1.54, 1.807) is 12.1 Å². The second-order valence-electron chi connectivity index (χ2n) is 4.83. The molecule has 0 saturated carbocycles. The molecule has 0 aliphatic rings. The number of aromatic nitrogens is 1. The van der Waals surface area contributed by atoms with E-state index in [1.807, 2.05) is 0 Å². The number of nitrogens with zero attached hydrogens (tertiary/aromatic N) is 1. The lowest BCUT2D eigenvalue weighted by molar-refractivity contribution is 0.0952. The van der Waals surface area contributed by atoms with Gasteiger partial charge in [-0.3, -0.25) is 15.2 Å². The predicted octanol–water partition coefficient (Wildman–Crippen LogP) is 2.56. The van der Waals surface area contributed by atoms with E-state index in [0.717, 1.165) is 18.7 Å².